The molecule has 2 unspecified atom stereocenters. The minimum atomic E-state index is -1.17. The molecule has 0 fully saturated rings. The normalized spacial score (nSPS) is 30.8. The van der Waals surface area contributed by atoms with Crippen LogP contribution in [0.15, 0.2) is 16.4 Å². The maximum absolute atomic E-state index is 11.3. The van der Waals surface area contributed by atoms with Crippen LogP contribution in [-0.2, 0) is 10.8 Å². The third kappa shape index (κ3) is 1.67. The Labute approximate surface area is 79.7 Å². The molecule has 5 nitrogen and oxygen atoms in total. The van der Waals surface area contributed by atoms with Gasteiger partial charge in [0.05, 0.1) is 10.8 Å². The third-order valence-corrected chi connectivity index (χ3v) is 3.36. The van der Waals surface area contributed by atoms with Crippen molar-refractivity contribution < 1.29 is 4.21 Å². The van der Waals surface area contributed by atoms with E-state index in [1.165, 1.54) is 0 Å². The molecule has 74 valence electrons. The van der Waals surface area contributed by atoms with E-state index in [4.69, 9.17) is 11.5 Å². The molecule has 0 aromatic rings. The van der Waals surface area contributed by atoms with Crippen molar-refractivity contribution >= 4 is 16.6 Å². The van der Waals surface area contributed by atoms with E-state index < -0.39 is 15.8 Å². The molecule has 0 saturated heterocycles. The smallest absolute Gasteiger partial charge is 0.206 e. The molecular formula is C7H14N4OS. The number of nitrogens with two attached hydrogens (primary N) is 2. The second-order valence-electron chi connectivity index (χ2n) is 3.10. The third-order valence-electron chi connectivity index (χ3n) is 2.05. The minimum Gasteiger partial charge on any atom is -0.385 e. The quantitative estimate of drug-likeness (QED) is 0.518. The van der Waals surface area contributed by atoms with Crippen LogP contribution in [0.3, 0.4) is 0 Å². The summed E-state index contributed by atoms with van der Waals surface area (Å²) in [4.78, 5) is 3.20. The Hall–Kier alpha value is -1.04. The highest BCUT2D eigenvalue weighted by atomic mass is 32.2. The van der Waals surface area contributed by atoms with Crippen molar-refractivity contribution in [3.63, 3.8) is 0 Å². The zero-order valence-electron chi connectivity index (χ0n) is 7.92. The van der Waals surface area contributed by atoms with E-state index in [9.17, 15) is 4.21 Å². The molecule has 0 amide bonds. The summed E-state index contributed by atoms with van der Waals surface area (Å²) < 4.78 is 11.3. The molecule has 0 aromatic heterocycles. The van der Waals surface area contributed by atoms with Gasteiger partial charge in [-0.05, 0) is 13.8 Å². The molecule has 0 spiro atoms. The van der Waals surface area contributed by atoms with Crippen molar-refractivity contribution in [2.75, 3.05) is 6.26 Å². The van der Waals surface area contributed by atoms with Crippen LogP contribution in [0.2, 0.25) is 0 Å². The van der Waals surface area contributed by atoms with Crippen molar-refractivity contribution in [2.45, 2.75) is 18.8 Å². The summed E-state index contributed by atoms with van der Waals surface area (Å²) in [6.07, 6.45) is 1.55. The van der Waals surface area contributed by atoms with Gasteiger partial charge in [0, 0.05) is 11.8 Å². The zero-order valence-corrected chi connectivity index (χ0v) is 8.73. The summed E-state index contributed by atoms with van der Waals surface area (Å²) >= 11 is 0. The van der Waals surface area contributed by atoms with Gasteiger partial charge < -0.3 is 16.8 Å². The number of rotatable bonds is 1. The first-order chi connectivity index (χ1) is 5.87. The van der Waals surface area contributed by atoms with E-state index in [1.54, 1.807) is 20.1 Å². The lowest BCUT2D eigenvalue weighted by Gasteiger charge is -2.30. The molecule has 1 aliphatic heterocycles. The topological polar surface area (TPSA) is 93.5 Å². The van der Waals surface area contributed by atoms with Gasteiger partial charge in [-0.1, -0.05) is 0 Å². The van der Waals surface area contributed by atoms with Crippen LogP contribution in [-0.4, -0.2) is 21.3 Å². The Morgan fingerprint density at radius 3 is 2.46 bits per heavy atom. The standard InChI is InChI=1S/C7H14N4OS/c1-4-5(8)10-7(2,13(3)12)11-6(4)9/h10H,8H2,1-3H3,(H2,9,11). The van der Waals surface area contributed by atoms with E-state index >= 15 is 0 Å². The fourth-order valence-corrected chi connectivity index (χ4v) is 1.44. The molecule has 2 atom stereocenters. The van der Waals surface area contributed by atoms with Gasteiger partial charge in [-0.25, -0.2) is 4.99 Å². The lowest BCUT2D eigenvalue weighted by atomic mass is 10.2. The molecule has 0 bridgehead atoms. The fourth-order valence-electron chi connectivity index (χ4n) is 0.959. The van der Waals surface area contributed by atoms with Crippen molar-refractivity contribution in [3.8, 4) is 0 Å². The summed E-state index contributed by atoms with van der Waals surface area (Å²) in [7, 11) is -1.17. The number of nitrogens with zero attached hydrogens (tertiary/aromatic N) is 1. The van der Waals surface area contributed by atoms with Crippen molar-refractivity contribution in [1.29, 1.82) is 0 Å². The SMILES string of the molecule is CC1=C(N)NC(C)(S(C)=O)N=C1N. The summed E-state index contributed by atoms with van der Waals surface area (Å²) in [5.41, 5.74) is 12.0. The van der Waals surface area contributed by atoms with Crippen LogP contribution in [0, 0.1) is 0 Å². The molecule has 1 aliphatic rings. The Morgan fingerprint density at radius 2 is 2.08 bits per heavy atom. The number of hydrogen-bond acceptors (Lipinski definition) is 5. The Balaban J connectivity index is 3.11. The lowest BCUT2D eigenvalue weighted by Crippen LogP contribution is -2.50. The van der Waals surface area contributed by atoms with Crippen LogP contribution < -0.4 is 16.8 Å². The Morgan fingerprint density at radius 1 is 1.54 bits per heavy atom. The highest BCUT2D eigenvalue weighted by Crippen LogP contribution is 2.17. The highest BCUT2D eigenvalue weighted by Gasteiger charge is 2.32. The van der Waals surface area contributed by atoms with Gasteiger partial charge in [-0.2, -0.15) is 0 Å². The van der Waals surface area contributed by atoms with E-state index in [1.807, 2.05) is 0 Å². The van der Waals surface area contributed by atoms with E-state index in [-0.39, 0.29) is 0 Å². The molecule has 13 heavy (non-hydrogen) atoms. The van der Waals surface area contributed by atoms with Crippen LogP contribution in [0.4, 0.5) is 0 Å². The molecule has 0 saturated carbocycles. The Kier molecular flexibility index (Phi) is 2.34. The highest BCUT2D eigenvalue weighted by molar-refractivity contribution is 7.85. The van der Waals surface area contributed by atoms with Gasteiger partial charge in [0.15, 0.2) is 0 Å². The van der Waals surface area contributed by atoms with Gasteiger partial charge in [0.25, 0.3) is 0 Å². The van der Waals surface area contributed by atoms with E-state index in [0.717, 1.165) is 0 Å². The van der Waals surface area contributed by atoms with E-state index in [0.29, 0.717) is 17.2 Å². The van der Waals surface area contributed by atoms with Crippen molar-refractivity contribution in [1.82, 2.24) is 5.32 Å². The van der Waals surface area contributed by atoms with Crippen LogP contribution in [0.5, 0.6) is 0 Å². The average molecular weight is 202 g/mol. The number of aliphatic imine (C=N–C) groups is 1. The second kappa shape index (κ2) is 3.02. The molecule has 0 aliphatic carbocycles. The number of amidine groups is 1. The monoisotopic (exact) mass is 202 g/mol. The molecule has 0 aromatic carbocycles. The first-order valence-electron chi connectivity index (χ1n) is 3.80. The lowest BCUT2D eigenvalue weighted by molar-refractivity contribution is 0.539. The predicted molar refractivity (Wildman–Crippen MR) is 54.1 cm³/mol. The van der Waals surface area contributed by atoms with Crippen LogP contribution in [0.1, 0.15) is 13.8 Å². The zero-order chi connectivity index (χ0) is 10.2. The van der Waals surface area contributed by atoms with Gasteiger partial charge >= 0.3 is 0 Å². The molecular weight excluding hydrogens is 188 g/mol. The summed E-state index contributed by atoms with van der Waals surface area (Å²) in [6, 6.07) is 0. The minimum absolute atomic E-state index is 0.342. The molecule has 1 heterocycles. The van der Waals surface area contributed by atoms with E-state index in [2.05, 4.69) is 10.3 Å². The summed E-state index contributed by atoms with van der Waals surface area (Å²) in [6.45, 7) is 3.45. The van der Waals surface area contributed by atoms with Crippen molar-refractivity contribution in [2.24, 2.45) is 16.5 Å². The molecule has 1 rings (SSSR count). The van der Waals surface area contributed by atoms with Gasteiger partial charge in [0.2, 0.25) is 4.99 Å². The number of hydrogen-bond donors (Lipinski definition) is 3. The molecule has 6 heteroatoms. The molecule has 0 radical (unpaired) electrons. The van der Waals surface area contributed by atoms with Crippen LogP contribution in [0.25, 0.3) is 0 Å². The number of nitrogens with one attached hydrogen (secondary N) is 1. The van der Waals surface area contributed by atoms with Gasteiger partial charge in [-0.15, -0.1) is 0 Å². The maximum Gasteiger partial charge on any atom is 0.206 e. The largest absolute Gasteiger partial charge is 0.385 e. The van der Waals surface area contributed by atoms with Gasteiger partial charge in [-0.3, -0.25) is 4.21 Å². The molecule has 5 N–H and O–H groups in total. The predicted octanol–water partition coefficient (Wildman–Crippen LogP) is -0.811. The first-order valence-corrected chi connectivity index (χ1v) is 5.36. The van der Waals surface area contributed by atoms with Crippen molar-refractivity contribution in [3.05, 3.63) is 11.4 Å². The summed E-state index contributed by atoms with van der Waals surface area (Å²) in [5, 5.41) is 2.86. The average Bonchev–Trinajstić information content (AvgIpc) is 2.00. The Bertz CT molecular complexity index is 322. The van der Waals surface area contributed by atoms with Gasteiger partial charge in [0.1, 0.15) is 11.7 Å². The van der Waals surface area contributed by atoms with Crippen LogP contribution >= 0.6 is 0 Å². The first kappa shape index (κ1) is 10.0. The second-order valence-corrected chi connectivity index (χ2v) is 4.80. The maximum atomic E-state index is 11.3. The summed E-state index contributed by atoms with van der Waals surface area (Å²) in [5.74, 6) is 0.777. The fraction of sp³-hybridized carbons (Fsp3) is 0.571.